The molecule has 0 heterocycles. The Hall–Kier alpha value is -2.29. The fraction of sp³-hybridized carbons (Fsp3) is 0.350. The van der Waals surface area contributed by atoms with Gasteiger partial charge in [0.1, 0.15) is 5.75 Å². The molecule has 0 saturated carbocycles. The minimum atomic E-state index is -0.532. The van der Waals surface area contributed by atoms with Gasteiger partial charge >= 0.3 is 0 Å². The number of amides is 1. The third-order valence-corrected chi connectivity index (χ3v) is 3.97. The Bertz CT molecular complexity index is 649. The van der Waals surface area contributed by atoms with E-state index in [2.05, 4.69) is 43.4 Å². The molecular formula is C20H25NO2. The van der Waals surface area contributed by atoms with Crippen molar-refractivity contribution in [2.75, 3.05) is 0 Å². The van der Waals surface area contributed by atoms with E-state index in [0.717, 1.165) is 23.3 Å². The highest BCUT2D eigenvalue weighted by Gasteiger charge is 2.19. The molecule has 23 heavy (non-hydrogen) atoms. The number of rotatable bonds is 6. The standard InChI is InChI=1S/C20H25NO2/c1-5-18(17-12-10-14(2)11-13-17)21-20(22)16(4)23-19-9-7-6-8-15(19)3/h6-13,16,18H,5H2,1-4H3,(H,21,22)/t16-,18-/m0/s1. The van der Waals surface area contributed by atoms with E-state index in [1.54, 1.807) is 6.92 Å². The molecule has 1 N–H and O–H groups in total. The normalized spacial score (nSPS) is 13.2. The molecule has 2 aromatic carbocycles. The van der Waals surface area contributed by atoms with Crippen LogP contribution in [0.15, 0.2) is 48.5 Å². The Labute approximate surface area is 138 Å². The second kappa shape index (κ2) is 7.82. The zero-order valence-electron chi connectivity index (χ0n) is 14.3. The molecule has 3 nitrogen and oxygen atoms in total. The third kappa shape index (κ3) is 4.59. The van der Waals surface area contributed by atoms with Crippen LogP contribution in [0.25, 0.3) is 0 Å². The summed E-state index contributed by atoms with van der Waals surface area (Å²) >= 11 is 0. The SMILES string of the molecule is CC[C@H](NC(=O)[C@H](C)Oc1ccccc1C)c1ccc(C)cc1. The number of hydrogen-bond acceptors (Lipinski definition) is 2. The highest BCUT2D eigenvalue weighted by atomic mass is 16.5. The Balaban J connectivity index is 2.01. The summed E-state index contributed by atoms with van der Waals surface area (Å²) in [6, 6.07) is 16.0. The number of ether oxygens (including phenoxy) is 1. The molecule has 0 spiro atoms. The van der Waals surface area contributed by atoms with Crippen molar-refractivity contribution in [2.24, 2.45) is 0 Å². The summed E-state index contributed by atoms with van der Waals surface area (Å²) in [6.07, 6.45) is 0.307. The minimum Gasteiger partial charge on any atom is -0.481 e. The second-order valence-corrected chi connectivity index (χ2v) is 5.91. The quantitative estimate of drug-likeness (QED) is 0.862. The number of carbonyl (C=O) groups excluding carboxylic acids is 1. The number of carbonyl (C=O) groups is 1. The third-order valence-electron chi connectivity index (χ3n) is 3.97. The molecule has 2 aromatic rings. The average molecular weight is 311 g/mol. The van der Waals surface area contributed by atoms with Crippen LogP contribution in [-0.4, -0.2) is 12.0 Å². The van der Waals surface area contributed by atoms with Crippen LogP contribution in [0.3, 0.4) is 0 Å². The summed E-state index contributed by atoms with van der Waals surface area (Å²) in [4.78, 5) is 12.4. The van der Waals surface area contributed by atoms with Crippen molar-refractivity contribution in [2.45, 2.75) is 46.3 Å². The molecule has 0 aliphatic rings. The smallest absolute Gasteiger partial charge is 0.261 e. The number of para-hydroxylation sites is 1. The van der Waals surface area contributed by atoms with Gasteiger partial charge in [0, 0.05) is 0 Å². The molecule has 0 fully saturated rings. The molecule has 0 aliphatic heterocycles. The van der Waals surface area contributed by atoms with Crippen LogP contribution in [0.2, 0.25) is 0 Å². The van der Waals surface area contributed by atoms with Crippen molar-refractivity contribution in [3.63, 3.8) is 0 Å². The van der Waals surface area contributed by atoms with Crippen molar-refractivity contribution in [3.05, 3.63) is 65.2 Å². The Morgan fingerprint density at radius 2 is 1.74 bits per heavy atom. The highest BCUT2D eigenvalue weighted by molar-refractivity contribution is 5.81. The van der Waals surface area contributed by atoms with Crippen LogP contribution < -0.4 is 10.1 Å². The van der Waals surface area contributed by atoms with E-state index in [4.69, 9.17) is 4.74 Å². The minimum absolute atomic E-state index is 0.00557. The van der Waals surface area contributed by atoms with Crippen LogP contribution in [-0.2, 0) is 4.79 Å². The Kier molecular flexibility index (Phi) is 5.80. The van der Waals surface area contributed by atoms with Crippen molar-refractivity contribution in [1.82, 2.24) is 5.32 Å². The van der Waals surface area contributed by atoms with Gasteiger partial charge in [0.15, 0.2) is 6.10 Å². The summed E-state index contributed by atoms with van der Waals surface area (Å²) < 4.78 is 5.80. The van der Waals surface area contributed by atoms with Gasteiger partial charge < -0.3 is 10.1 Å². The number of nitrogens with one attached hydrogen (secondary N) is 1. The van der Waals surface area contributed by atoms with E-state index in [0.29, 0.717) is 0 Å². The molecule has 0 unspecified atom stereocenters. The number of hydrogen-bond donors (Lipinski definition) is 1. The molecule has 0 saturated heterocycles. The molecule has 1 amide bonds. The van der Waals surface area contributed by atoms with Gasteiger partial charge in [-0.1, -0.05) is 55.0 Å². The summed E-state index contributed by atoms with van der Waals surface area (Å²) in [6.45, 7) is 7.88. The monoisotopic (exact) mass is 311 g/mol. The predicted octanol–water partition coefficient (Wildman–Crippen LogP) is 4.34. The van der Waals surface area contributed by atoms with Crippen molar-refractivity contribution >= 4 is 5.91 Å². The molecule has 122 valence electrons. The molecule has 0 aliphatic carbocycles. The van der Waals surface area contributed by atoms with E-state index in [-0.39, 0.29) is 11.9 Å². The van der Waals surface area contributed by atoms with Crippen LogP contribution >= 0.6 is 0 Å². The van der Waals surface area contributed by atoms with Gasteiger partial charge in [-0.3, -0.25) is 4.79 Å². The first-order valence-corrected chi connectivity index (χ1v) is 8.10. The lowest BCUT2D eigenvalue weighted by atomic mass is 10.0. The van der Waals surface area contributed by atoms with Gasteiger partial charge in [0.05, 0.1) is 6.04 Å². The maximum absolute atomic E-state index is 12.4. The molecule has 0 radical (unpaired) electrons. The predicted molar refractivity (Wildman–Crippen MR) is 93.6 cm³/mol. The lowest BCUT2D eigenvalue weighted by molar-refractivity contribution is -0.128. The summed E-state index contributed by atoms with van der Waals surface area (Å²) in [5.41, 5.74) is 3.36. The zero-order chi connectivity index (χ0) is 16.8. The molecule has 3 heteroatoms. The number of benzene rings is 2. The molecule has 0 bridgehead atoms. The zero-order valence-corrected chi connectivity index (χ0v) is 14.3. The Morgan fingerprint density at radius 3 is 2.35 bits per heavy atom. The van der Waals surface area contributed by atoms with Gasteiger partial charge in [0.25, 0.3) is 5.91 Å². The molecule has 2 rings (SSSR count). The summed E-state index contributed by atoms with van der Waals surface area (Å²) in [7, 11) is 0. The van der Waals surface area contributed by atoms with Crippen LogP contribution in [0, 0.1) is 13.8 Å². The van der Waals surface area contributed by atoms with E-state index in [1.807, 2.05) is 31.2 Å². The largest absolute Gasteiger partial charge is 0.481 e. The summed E-state index contributed by atoms with van der Waals surface area (Å²) in [5.74, 6) is 0.652. The topological polar surface area (TPSA) is 38.3 Å². The van der Waals surface area contributed by atoms with Gasteiger partial charge in [-0.2, -0.15) is 0 Å². The molecule has 0 aromatic heterocycles. The maximum atomic E-state index is 12.4. The first kappa shape index (κ1) is 17.1. The van der Waals surface area contributed by atoms with Crippen molar-refractivity contribution < 1.29 is 9.53 Å². The van der Waals surface area contributed by atoms with Crippen molar-refractivity contribution in [3.8, 4) is 5.75 Å². The lowest BCUT2D eigenvalue weighted by Gasteiger charge is -2.21. The fourth-order valence-corrected chi connectivity index (χ4v) is 2.44. The average Bonchev–Trinajstić information content (AvgIpc) is 2.55. The molecule has 2 atom stereocenters. The first-order valence-electron chi connectivity index (χ1n) is 8.10. The number of aryl methyl sites for hydroxylation is 2. The van der Waals surface area contributed by atoms with E-state index in [1.165, 1.54) is 5.56 Å². The lowest BCUT2D eigenvalue weighted by Crippen LogP contribution is -2.38. The van der Waals surface area contributed by atoms with Crippen LogP contribution in [0.5, 0.6) is 5.75 Å². The van der Waals surface area contributed by atoms with E-state index >= 15 is 0 Å². The van der Waals surface area contributed by atoms with Gasteiger partial charge in [-0.15, -0.1) is 0 Å². The van der Waals surface area contributed by atoms with Crippen LogP contribution in [0.4, 0.5) is 0 Å². The summed E-state index contributed by atoms with van der Waals surface area (Å²) in [5, 5.41) is 3.08. The highest BCUT2D eigenvalue weighted by Crippen LogP contribution is 2.20. The van der Waals surface area contributed by atoms with Gasteiger partial charge in [-0.25, -0.2) is 0 Å². The molecular weight excluding hydrogens is 286 g/mol. The van der Waals surface area contributed by atoms with E-state index in [9.17, 15) is 4.79 Å². The van der Waals surface area contributed by atoms with E-state index < -0.39 is 6.10 Å². The van der Waals surface area contributed by atoms with Crippen LogP contribution in [0.1, 0.15) is 43.0 Å². The Morgan fingerprint density at radius 1 is 1.09 bits per heavy atom. The van der Waals surface area contributed by atoms with Gasteiger partial charge in [0.2, 0.25) is 0 Å². The van der Waals surface area contributed by atoms with Crippen molar-refractivity contribution in [1.29, 1.82) is 0 Å². The first-order chi connectivity index (χ1) is 11.0. The second-order valence-electron chi connectivity index (χ2n) is 5.91. The maximum Gasteiger partial charge on any atom is 0.261 e. The fourth-order valence-electron chi connectivity index (χ4n) is 2.44. The van der Waals surface area contributed by atoms with Gasteiger partial charge in [-0.05, 0) is 44.4 Å².